The van der Waals surface area contributed by atoms with Crippen molar-refractivity contribution in [3.05, 3.63) is 84.1 Å². The number of morpholine rings is 1. The van der Waals surface area contributed by atoms with Gasteiger partial charge in [0.1, 0.15) is 17.3 Å². The molecule has 0 saturated carbocycles. The molecule has 3 aromatic carbocycles. The zero-order valence-corrected chi connectivity index (χ0v) is 19.0. The lowest BCUT2D eigenvalue weighted by Gasteiger charge is -2.27. The number of rotatable bonds is 5. The van der Waals surface area contributed by atoms with Crippen LogP contribution in [0.25, 0.3) is 11.0 Å². The predicted octanol–water partition coefficient (Wildman–Crippen LogP) is 5.53. The number of nitrogens with one attached hydrogen (secondary N) is 1. The minimum Gasteiger partial charge on any atom is -0.457 e. The van der Waals surface area contributed by atoms with E-state index in [4.69, 9.17) is 14.5 Å². The Hall–Kier alpha value is -4.18. The number of carbonyl (C=O) groups is 1. The highest BCUT2D eigenvalue weighted by atomic mass is 19.4. The van der Waals surface area contributed by atoms with Crippen LogP contribution in [0, 0.1) is 0 Å². The van der Waals surface area contributed by atoms with Crippen molar-refractivity contribution in [1.29, 1.82) is 0 Å². The Kier molecular flexibility index (Phi) is 6.43. The van der Waals surface area contributed by atoms with Gasteiger partial charge in [0.2, 0.25) is 0 Å². The van der Waals surface area contributed by atoms with E-state index in [0.717, 1.165) is 36.6 Å². The number of halogens is 3. The molecule has 0 radical (unpaired) electrons. The van der Waals surface area contributed by atoms with E-state index >= 15 is 0 Å². The second kappa shape index (κ2) is 9.82. The molecule has 2 heterocycles. The second-order valence-electron chi connectivity index (χ2n) is 8.14. The number of ether oxygens (including phenoxy) is 2. The molecule has 1 aliphatic rings. The van der Waals surface area contributed by atoms with Gasteiger partial charge in [-0.3, -0.25) is 9.78 Å². The Bertz CT molecular complexity index is 1400. The number of nitrogens with zero attached hydrogens (tertiary/aromatic N) is 3. The van der Waals surface area contributed by atoms with Crippen LogP contribution in [0.2, 0.25) is 0 Å². The largest absolute Gasteiger partial charge is 0.457 e. The highest BCUT2D eigenvalue weighted by Gasteiger charge is 2.30. The van der Waals surface area contributed by atoms with Crippen LogP contribution in [0.5, 0.6) is 11.5 Å². The highest BCUT2D eigenvalue weighted by Crippen LogP contribution is 2.30. The van der Waals surface area contributed by atoms with Crippen molar-refractivity contribution in [2.24, 2.45) is 0 Å². The minimum atomic E-state index is -4.53. The number of hydrogen-bond acceptors (Lipinski definition) is 6. The highest BCUT2D eigenvalue weighted by molar-refractivity contribution is 6.04. The number of benzene rings is 3. The summed E-state index contributed by atoms with van der Waals surface area (Å²) in [5.41, 5.74) is 0.792. The van der Waals surface area contributed by atoms with Gasteiger partial charge in [0.25, 0.3) is 5.91 Å². The summed E-state index contributed by atoms with van der Waals surface area (Å²) < 4.78 is 50.3. The monoisotopic (exact) mass is 494 g/mol. The number of anilines is 2. The van der Waals surface area contributed by atoms with Crippen molar-refractivity contribution in [3.8, 4) is 11.5 Å². The van der Waals surface area contributed by atoms with E-state index in [0.29, 0.717) is 35.9 Å². The van der Waals surface area contributed by atoms with Crippen molar-refractivity contribution >= 4 is 28.4 Å². The summed E-state index contributed by atoms with van der Waals surface area (Å²) >= 11 is 0. The Morgan fingerprint density at radius 2 is 1.72 bits per heavy atom. The molecule has 0 aliphatic carbocycles. The molecule has 1 N–H and O–H groups in total. The number of carbonyl (C=O) groups excluding carboxylic acids is 1. The van der Waals surface area contributed by atoms with Gasteiger partial charge < -0.3 is 19.7 Å². The van der Waals surface area contributed by atoms with Crippen molar-refractivity contribution in [1.82, 2.24) is 9.97 Å². The van der Waals surface area contributed by atoms with Gasteiger partial charge in [0, 0.05) is 36.5 Å². The summed E-state index contributed by atoms with van der Waals surface area (Å²) in [4.78, 5) is 23.8. The van der Waals surface area contributed by atoms with Crippen LogP contribution in [0.4, 0.5) is 24.7 Å². The molecule has 0 unspecified atom stereocenters. The molecule has 184 valence electrons. The molecular formula is C26H21F3N4O3. The lowest BCUT2D eigenvalue weighted by Crippen LogP contribution is -2.36. The molecule has 1 fully saturated rings. The van der Waals surface area contributed by atoms with E-state index in [1.165, 1.54) is 12.1 Å². The maximum absolute atomic E-state index is 13.0. The zero-order chi connectivity index (χ0) is 25.1. The van der Waals surface area contributed by atoms with Crippen LogP contribution in [-0.4, -0.2) is 42.2 Å². The topological polar surface area (TPSA) is 76.6 Å². The number of amides is 1. The summed E-state index contributed by atoms with van der Waals surface area (Å²) in [5.74, 6) is 1.07. The summed E-state index contributed by atoms with van der Waals surface area (Å²) in [5, 5.41) is 2.61. The maximum atomic E-state index is 13.0. The predicted molar refractivity (Wildman–Crippen MR) is 128 cm³/mol. The first-order valence-corrected chi connectivity index (χ1v) is 11.2. The molecule has 1 amide bonds. The lowest BCUT2D eigenvalue weighted by molar-refractivity contribution is -0.137. The number of fused-ring (bicyclic) bond motifs is 1. The van der Waals surface area contributed by atoms with Crippen molar-refractivity contribution in [3.63, 3.8) is 0 Å². The van der Waals surface area contributed by atoms with Gasteiger partial charge in [-0.15, -0.1) is 0 Å². The smallest absolute Gasteiger partial charge is 0.416 e. The third kappa shape index (κ3) is 5.38. The Balaban J connectivity index is 1.31. The normalized spacial score (nSPS) is 14.0. The van der Waals surface area contributed by atoms with E-state index in [1.807, 2.05) is 0 Å². The maximum Gasteiger partial charge on any atom is 0.416 e. The van der Waals surface area contributed by atoms with Crippen LogP contribution in [0.1, 0.15) is 15.9 Å². The minimum absolute atomic E-state index is 0.0969. The quantitative estimate of drug-likeness (QED) is 0.393. The number of aromatic nitrogens is 2. The second-order valence-corrected chi connectivity index (χ2v) is 8.14. The molecule has 1 aromatic heterocycles. The zero-order valence-electron chi connectivity index (χ0n) is 19.0. The van der Waals surface area contributed by atoms with Gasteiger partial charge in [-0.25, -0.2) is 4.98 Å². The molecule has 0 bridgehead atoms. The van der Waals surface area contributed by atoms with Crippen molar-refractivity contribution in [2.45, 2.75) is 6.18 Å². The molecule has 4 aromatic rings. The van der Waals surface area contributed by atoms with Gasteiger partial charge >= 0.3 is 6.18 Å². The lowest BCUT2D eigenvalue weighted by atomic mass is 10.1. The van der Waals surface area contributed by atoms with E-state index in [-0.39, 0.29) is 5.56 Å². The van der Waals surface area contributed by atoms with Crippen LogP contribution < -0.4 is 15.0 Å². The Morgan fingerprint density at radius 3 is 2.53 bits per heavy atom. The number of alkyl halides is 3. The SMILES string of the molecule is O=C(Nc1cccc(Oc2ccc3ncc(N4CCOCC4)nc3c2)c1)c1cccc(C(F)(F)F)c1. The van der Waals surface area contributed by atoms with E-state index in [9.17, 15) is 18.0 Å². The first-order chi connectivity index (χ1) is 17.3. The fraction of sp³-hybridized carbons (Fsp3) is 0.192. The molecule has 1 aliphatic heterocycles. The van der Waals surface area contributed by atoms with Crippen molar-refractivity contribution < 1.29 is 27.4 Å². The van der Waals surface area contributed by atoms with Gasteiger partial charge in [-0.1, -0.05) is 12.1 Å². The molecule has 5 rings (SSSR count). The average Bonchev–Trinajstić information content (AvgIpc) is 2.88. The summed E-state index contributed by atoms with van der Waals surface area (Å²) in [7, 11) is 0. The average molecular weight is 494 g/mol. The van der Waals surface area contributed by atoms with Gasteiger partial charge in [0.15, 0.2) is 0 Å². The van der Waals surface area contributed by atoms with Crippen LogP contribution >= 0.6 is 0 Å². The van der Waals surface area contributed by atoms with Crippen LogP contribution in [-0.2, 0) is 10.9 Å². The Morgan fingerprint density at radius 1 is 0.944 bits per heavy atom. The molecule has 36 heavy (non-hydrogen) atoms. The van der Waals surface area contributed by atoms with Crippen LogP contribution in [0.3, 0.4) is 0 Å². The summed E-state index contributed by atoms with van der Waals surface area (Å²) in [6, 6.07) is 16.2. The first kappa shape index (κ1) is 23.6. The standard InChI is InChI=1S/C26H21F3N4O3/c27-26(28,29)18-4-1-3-17(13-18)25(34)31-19-5-2-6-20(14-19)36-21-7-8-22-23(15-21)32-24(16-30-22)33-9-11-35-12-10-33/h1-8,13-16H,9-12H2,(H,31,34). The van der Waals surface area contributed by atoms with E-state index in [1.54, 1.807) is 48.7 Å². The Labute approximate surface area is 204 Å². The molecule has 0 spiro atoms. The van der Waals surface area contributed by atoms with E-state index < -0.39 is 17.6 Å². The molecule has 10 heteroatoms. The fourth-order valence-electron chi connectivity index (χ4n) is 3.80. The fourth-order valence-corrected chi connectivity index (χ4v) is 3.80. The molecule has 1 saturated heterocycles. The van der Waals surface area contributed by atoms with E-state index in [2.05, 4.69) is 15.2 Å². The van der Waals surface area contributed by atoms with Crippen molar-refractivity contribution in [2.75, 3.05) is 36.5 Å². The summed E-state index contributed by atoms with van der Waals surface area (Å²) in [6.07, 6.45) is -2.79. The first-order valence-electron chi connectivity index (χ1n) is 11.2. The van der Waals surface area contributed by atoms with Gasteiger partial charge in [-0.2, -0.15) is 13.2 Å². The van der Waals surface area contributed by atoms with Crippen LogP contribution in [0.15, 0.2) is 72.9 Å². The molecular weight excluding hydrogens is 473 g/mol. The number of hydrogen-bond donors (Lipinski definition) is 1. The summed E-state index contributed by atoms with van der Waals surface area (Å²) in [6.45, 7) is 2.78. The third-order valence-corrected chi connectivity index (χ3v) is 5.62. The molecule has 7 nitrogen and oxygen atoms in total. The van der Waals surface area contributed by atoms with Gasteiger partial charge in [-0.05, 0) is 42.5 Å². The molecule has 0 atom stereocenters. The van der Waals surface area contributed by atoms with Gasteiger partial charge in [0.05, 0.1) is 36.0 Å². The third-order valence-electron chi connectivity index (χ3n) is 5.62.